The average Bonchev–Trinajstić information content (AvgIpc) is 2.54. The van der Waals surface area contributed by atoms with Crippen LogP contribution in [0.25, 0.3) is 0 Å². The zero-order valence-corrected chi connectivity index (χ0v) is 13.6. The van der Waals surface area contributed by atoms with Crippen LogP contribution in [0.4, 0.5) is 0 Å². The van der Waals surface area contributed by atoms with Crippen molar-refractivity contribution in [1.82, 2.24) is 4.31 Å². The Hall–Kier alpha value is -1.27. The minimum Gasteiger partial charge on any atom is -0.493 e. The molecule has 0 radical (unpaired) electrons. The molecule has 0 N–H and O–H groups in total. The molecule has 0 saturated heterocycles. The third-order valence-corrected chi connectivity index (χ3v) is 6.03. The first-order chi connectivity index (χ1) is 10.0. The summed E-state index contributed by atoms with van der Waals surface area (Å²) in [5.74, 6) is 0.951. The van der Waals surface area contributed by atoms with Gasteiger partial charge in [0, 0.05) is 19.2 Å². The lowest BCUT2D eigenvalue weighted by Crippen LogP contribution is -2.38. The summed E-state index contributed by atoms with van der Waals surface area (Å²) < 4.78 is 37.3. The summed E-state index contributed by atoms with van der Waals surface area (Å²) in [5.41, 5.74) is 0. The van der Waals surface area contributed by atoms with Gasteiger partial charge in [-0.3, -0.25) is 0 Å². The van der Waals surface area contributed by atoms with Crippen molar-refractivity contribution in [2.45, 2.75) is 43.0 Å². The summed E-state index contributed by atoms with van der Waals surface area (Å²) in [6.45, 7) is 0. The third kappa shape index (κ3) is 3.32. The van der Waals surface area contributed by atoms with Gasteiger partial charge in [0.15, 0.2) is 11.5 Å². The van der Waals surface area contributed by atoms with Gasteiger partial charge < -0.3 is 9.47 Å². The van der Waals surface area contributed by atoms with Gasteiger partial charge in [-0.2, -0.15) is 4.31 Å². The molecule has 6 heteroatoms. The van der Waals surface area contributed by atoms with Crippen molar-refractivity contribution >= 4 is 10.0 Å². The van der Waals surface area contributed by atoms with Gasteiger partial charge in [-0.1, -0.05) is 19.3 Å². The Morgan fingerprint density at radius 2 is 1.67 bits per heavy atom. The number of ether oxygens (including phenoxy) is 2. The van der Waals surface area contributed by atoms with Crippen LogP contribution in [-0.2, 0) is 10.0 Å². The van der Waals surface area contributed by atoms with E-state index in [1.54, 1.807) is 19.2 Å². The topological polar surface area (TPSA) is 55.8 Å². The number of rotatable bonds is 5. The molecule has 1 saturated carbocycles. The van der Waals surface area contributed by atoms with Crippen LogP contribution in [0.3, 0.4) is 0 Å². The van der Waals surface area contributed by atoms with E-state index in [-0.39, 0.29) is 10.9 Å². The van der Waals surface area contributed by atoms with Crippen LogP contribution in [0, 0.1) is 0 Å². The van der Waals surface area contributed by atoms with Gasteiger partial charge in [0.2, 0.25) is 10.0 Å². The molecule has 1 aliphatic rings. The summed E-state index contributed by atoms with van der Waals surface area (Å²) >= 11 is 0. The summed E-state index contributed by atoms with van der Waals surface area (Å²) in [4.78, 5) is 0.244. The highest BCUT2D eigenvalue weighted by atomic mass is 32.2. The second-order valence-electron chi connectivity index (χ2n) is 5.33. The molecule has 0 heterocycles. The molecule has 1 aliphatic carbocycles. The van der Waals surface area contributed by atoms with Crippen LogP contribution in [0.2, 0.25) is 0 Å². The lowest BCUT2D eigenvalue weighted by atomic mass is 9.96. The van der Waals surface area contributed by atoms with Gasteiger partial charge in [-0.15, -0.1) is 0 Å². The number of nitrogens with zero attached hydrogens (tertiary/aromatic N) is 1. The molecule has 118 valence electrons. The van der Waals surface area contributed by atoms with Crippen molar-refractivity contribution in [3.63, 3.8) is 0 Å². The summed E-state index contributed by atoms with van der Waals surface area (Å²) in [5, 5.41) is 0. The first-order valence-corrected chi connectivity index (χ1v) is 8.64. The molecule has 0 spiro atoms. The Balaban J connectivity index is 2.30. The minimum atomic E-state index is -3.50. The molecule has 1 aromatic rings. The van der Waals surface area contributed by atoms with E-state index in [1.165, 1.54) is 31.0 Å². The summed E-state index contributed by atoms with van der Waals surface area (Å²) in [6.07, 6.45) is 5.25. The number of benzene rings is 1. The molecule has 0 atom stereocenters. The SMILES string of the molecule is COc1ccc(S(=O)(=O)N(C)C2CCCCC2)cc1OC. The average molecular weight is 313 g/mol. The van der Waals surface area contributed by atoms with Crippen molar-refractivity contribution in [2.75, 3.05) is 21.3 Å². The first-order valence-electron chi connectivity index (χ1n) is 7.20. The fraction of sp³-hybridized carbons (Fsp3) is 0.600. The Labute approximate surface area is 126 Å². The van der Waals surface area contributed by atoms with Crippen molar-refractivity contribution < 1.29 is 17.9 Å². The second-order valence-corrected chi connectivity index (χ2v) is 7.33. The fourth-order valence-electron chi connectivity index (χ4n) is 2.78. The summed E-state index contributed by atoms with van der Waals surface area (Å²) in [7, 11) is 1.20. The quantitative estimate of drug-likeness (QED) is 0.838. The monoisotopic (exact) mass is 313 g/mol. The molecule has 0 aliphatic heterocycles. The molecule has 1 aromatic carbocycles. The Bertz CT molecular complexity index is 579. The van der Waals surface area contributed by atoms with E-state index < -0.39 is 10.0 Å². The predicted octanol–water partition coefficient (Wildman–Crippen LogP) is 2.66. The van der Waals surface area contributed by atoms with E-state index in [0.717, 1.165) is 25.7 Å². The maximum atomic E-state index is 12.7. The molecular weight excluding hydrogens is 290 g/mol. The molecular formula is C15H23NO4S. The van der Waals surface area contributed by atoms with Gasteiger partial charge in [0.25, 0.3) is 0 Å². The Morgan fingerprint density at radius 1 is 1.05 bits per heavy atom. The lowest BCUT2D eigenvalue weighted by Gasteiger charge is -2.30. The standard InChI is InChI=1S/C15H23NO4S/c1-16(12-7-5-4-6-8-12)21(17,18)13-9-10-14(19-2)15(11-13)20-3/h9-12H,4-8H2,1-3H3. The van der Waals surface area contributed by atoms with Crippen molar-refractivity contribution in [2.24, 2.45) is 0 Å². The van der Waals surface area contributed by atoms with Crippen molar-refractivity contribution in [3.05, 3.63) is 18.2 Å². The molecule has 1 fully saturated rings. The van der Waals surface area contributed by atoms with E-state index in [4.69, 9.17) is 9.47 Å². The Kier molecular flexibility index (Phi) is 5.11. The predicted molar refractivity (Wildman–Crippen MR) is 81.4 cm³/mol. The normalized spacial score (nSPS) is 17.0. The van der Waals surface area contributed by atoms with Gasteiger partial charge >= 0.3 is 0 Å². The molecule has 0 unspecified atom stereocenters. The maximum Gasteiger partial charge on any atom is 0.243 e. The van der Waals surface area contributed by atoms with E-state index >= 15 is 0 Å². The smallest absolute Gasteiger partial charge is 0.243 e. The number of hydrogen-bond donors (Lipinski definition) is 0. The zero-order valence-electron chi connectivity index (χ0n) is 12.8. The van der Waals surface area contributed by atoms with Crippen LogP contribution in [0.15, 0.2) is 23.1 Å². The molecule has 2 rings (SSSR count). The van der Waals surface area contributed by atoms with Gasteiger partial charge in [-0.25, -0.2) is 8.42 Å². The largest absolute Gasteiger partial charge is 0.493 e. The number of sulfonamides is 1. The number of hydrogen-bond acceptors (Lipinski definition) is 4. The highest BCUT2D eigenvalue weighted by Crippen LogP contribution is 2.32. The van der Waals surface area contributed by atoms with E-state index in [2.05, 4.69) is 0 Å². The minimum absolute atomic E-state index is 0.0943. The van der Waals surface area contributed by atoms with Crippen LogP contribution >= 0.6 is 0 Å². The van der Waals surface area contributed by atoms with Gasteiger partial charge in [-0.05, 0) is 25.0 Å². The Morgan fingerprint density at radius 3 is 2.24 bits per heavy atom. The second kappa shape index (κ2) is 6.66. The molecule has 5 nitrogen and oxygen atoms in total. The van der Waals surface area contributed by atoms with Crippen molar-refractivity contribution in [1.29, 1.82) is 0 Å². The van der Waals surface area contributed by atoms with E-state index in [9.17, 15) is 8.42 Å². The molecule has 0 amide bonds. The number of methoxy groups -OCH3 is 2. The highest BCUT2D eigenvalue weighted by Gasteiger charge is 2.29. The van der Waals surface area contributed by atoms with Gasteiger partial charge in [0.05, 0.1) is 19.1 Å². The lowest BCUT2D eigenvalue weighted by molar-refractivity contribution is 0.285. The van der Waals surface area contributed by atoms with Gasteiger partial charge in [0.1, 0.15) is 0 Å². The molecule has 21 heavy (non-hydrogen) atoms. The van der Waals surface area contributed by atoms with Crippen LogP contribution < -0.4 is 9.47 Å². The highest BCUT2D eigenvalue weighted by molar-refractivity contribution is 7.89. The summed E-state index contributed by atoms with van der Waals surface area (Å²) in [6, 6.07) is 4.81. The molecule has 0 bridgehead atoms. The van der Waals surface area contributed by atoms with Crippen molar-refractivity contribution in [3.8, 4) is 11.5 Å². The van der Waals surface area contributed by atoms with Crippen LogP contribution in [-0.4, -0.2) is 40.0 Å². The van der Waals surface area contributed by atoms with E-state index in [1.807, 2.05) is 0 Å². The zero-order chi connectivity index (χ0) is 15.5. The van der Waals surface area contributed by atoms with Crippen LogP contribution in [0.1, 0.15) is 32.1 Å². The van der Waals surface area contributed by atoms with E-state index in [0.29, 0.717) is 11.5 Å². The maximum absolute atomic E-state index is 12.7. The first kappa shape index (κ1) is 16.1. The molecule has 0 aromatic heterocycles. The fourth-order valence-corrected chi connectivity index (χ4v) is 4.22. The third-order valence-electron chi connectivity index (χ3n) is 4.12. The van der Waals surface area contributed by atoms with Crippen LogP contribution in [0.5, 0.6) is 11.5 Å².